The molecule has 0 bridgehead atoms. The highest BCUT2D eigenvalue weighted by molar-refractivity contribution is 8.01. The van der Waals surface area contributed by atoms with Crippen LogP contribution < -0.4 is 10.1 Å². The number of ether oxygens (including phenoxy) is 2. The Morgan fingerprint density at radius 1 is 1.37 bits per heavy atom. The summed E-state index contributed by atoms with van der Waals surface area (Å²) in [5.74, 6) is -2.63. The Bertz CT molecular complexity index is 1320. The van der Waals surface area contributed by atoms with Crippen molar-refractivity contribution in [2.75, 3.05) is 18.6 Å². The van der Waals surface area contributed by atoms with Gasteiger partial charge in [-0.05, 0) is 41.9 Å². The third-order valence-electron chi connectivity index (χ3n) is 5.60. The van der Waals surface area contributed by atoms with Gasteiger partial charge in [-0.3, -0.25) is 19.3 Å². The molecule has 17 heteroatoms. The van der Waals surface area contributed by atoms with Gasteiger partial charge in [-0.2, -0.15) is 0 Å². The maximum Gasteiger partial charge on any atom is 0.352 e. The van der Waals surface area contributed by atoms with Gasteiger partial charge in [-0.25, -0.2) is 9.48 Å². The summed E-state index contributed by atoms with van der Waals surface area (Å²) in [6.07, 6.45) is -0.328. The number of aryl methyl sites for hydroxylation is 1. The summed E-state index contributed by atoms with van der Waals surface area (Å²) in [5.41, 5.74) is -2.18. The monoisotopic (exact) mass is 567 g/mol. The zero-order valence-corrected chi connectivity index (χ0v) is 22.7. The number of carboxylic acids is 1. The molecule has 15 nitrogen and oxygen atoms in total. The van der Waals surface area contributed by atoms with Crippen molar-refractivity contribution < 1.29 is 38.3 Å². The van der Waals surface area contributed by atoms with Gasteiger partial charge in [0.1, 0.15) is 16.8 Å². The molecule has 0 spiro atoms. The summed E-state index contributed by atoms with van der Waals surface area (Å²) in [5, 5.41) is 26.9. The molecule has 4 heterocycles. The van der Waals surface area contributed by atoms with Gasteiger partial charge in [0, 0.05) is 31.7 Å². The maximum atomic E-state index is 13.2. The van der Waals surface area contributed by atoms with Gasteiger partial charge in [0.15, 0.2) is 0 Å². The molecule has 0 aromatic carbocycles. The van der Waals surface area contributed by atoms with E-state index in [-0.39, 0.29) is 35.3 Å². The maximum absolute atomic E-state index is 13.2. The summed E-state index contributed by atoms with van der Waals surface area (Å²) in [4.78, 5) is 51.3. The van der Waals surface area contributed by atoms with Gasteiger partial charge in [0.2, 0.25) is 11.1 Å². The molecular formula is C21H25N7O8S2. The van der Waals surface area contributed by atoms with Gasteiger partial charge in [0.25, 0.3) is 17.5 Å². The van der Waals surface area contributed by atoms with Crippen molar-refractivity contribution in [3.05, 3.63) is 23.1 Å². The number of carboxylic acid groups (broad SMARTS) is 1. The van der Waals surface area contributed by atoms with Crippen molar-refractivity contribution in [1.29, 1.82) is 0 Å². The fourth-order valence-electron chi connectivity index (χ4n) is 3.63. The van der Waals surface area contributed by atoms with Crippen LogP contribution in [0.3, 0.4) is 0 Å². The van der Waals surface area contributed by atoms with Crippen LogP contribution >= 0.6 is 23.5 Å². The molecule has 2 aromatic heterocycles. The number of carbonyl (C=O) groups is 4. The van der Waals surface area contributed by atoms with Crippen LogP contribution in [-0.2, 0) is 37.4 Å². The summed E-state index contributed by atoms with van der Waals surface area (Å²) in [6, 6.07) is 1.30. The lowest BCUT2D eigenvalue weighted by Crippen LogP contribution is -2.80. The molecule has 2 aliphatic heterocycles. The largest absolute Gasteiger partial charge is 0.477 e. The van der Waals surface area contributed by atoms with Crippen LogP contribution in [0.4, 0.5) is 0 Å². The molecule has 1 fully saturated rings. The summed E-state index contributed by atoms with van der Waals surface area (Å²) in [7, 11) is 2.91. The van der Waals surface area contributed by atoms with E-state index in [2.05, 4.69) is 26.0 Å². The Hall–Kier alpha value is -3.44. The van der Waals surface area contributed by atoms with E-state index in [9.17, 15) is 24.3 Å². The second-order valence-corrected chi connectivity index (χ2v) is 11.4. The standard InChI is InChI=1S/C21H25N7O8S2/c1-20(2,3)18(33)35-13-7-11(36-24-13)6-12(29)22-21(34-5)16(32)28-14(15(30)31)10(8-37-17(21)28)9-38-19-23-25-26-27(19)4/h7,17H,6,8-9H2,1-5H3,(H,22,29)(H,30,31)/t17-,21-/m0/s1. The summed E-state index contributed by atoms with van der Waals surface area (Å²) >= 11 is 2.50. The molecule has 204 valence electrons. The van der Waals surface area contributed by atoms with Gasteiger partial charge < -0.3 is 24.4 Å². The number of amides is 2. The number of nitrogens with zero attached hydrogens (tertiary/aromatic N) is 6. The molecule has 2 atom stereocenters. The zero-order valence-electron chi connectivity index (χ0n) is 21.1. The number of esters is 1. The molecule has 2 amide bonds. The first-order chi connectivity index (χ1) is 17.9. The van der Waals surface area contributed by atoms with E-state index in [4.69, 9.17) is 14.0 Å². The first-order valence-corrected chi connectivity index (χ1v) is 13.2. The Morgan fingerprint density at radius 3 is 2.71 bits per heavy atom. The van der Waals surface area contributed by atoms with E-state index in [0.29, 0.717) is 10.7 Å². The van der Waals surface area contributed by atoms with Gasteiger partial charge in [-0.15, -0.1) is 16.9 Å². The fourth-order valence-corrected chi connectivity index (χ4v) is 6.06. The molecule has 2 aliphatic rings. The van der Waals surface area contributed by atoms with Crippen LogP contribution in [0.5, 0.6) is 5.88 Å². The molecule has 2 aromatic rings. The number of aliphatic carboxylic acids is 1. The first-order valence-electron chi connectivity index (χ1n) is 11.2. The van der Waals surface area contributed by atoms with Crippen molar-refractivity contribution in [3.63, 3.8) is 0 Å². The topological polar surface area (TPSA) is 192 Å². The number of aromatic nitrogens is 5. The van der Waals surface area contributed by atoms with Crippen molar-refractivity contribution in [2.45, 2.75) is 43.4 Å². The molecule has 2 N–H and O–H groups in total. The molecule has 1 saturated heterocycles. The third kappa shape index (κ3) is 5.12. The third-order valence-corrected chi connectivity index (χ3v) is 8.07. The van der Waals surface area contributed by atoms with E-state index in [0.717, 1.165) is 4.90 Å². The normalized spacial score (nSPS) is 21.1. The highest BCUT2D eigenvalue weighted by Gasteiger charge is 2.66. The number of hydrogen-bond donors (Lipinski definition) is 2. The Morgan fingerprint density at radius 2 is 2.11 bits per heavy atom. The van der Waals surface area contributed by atoms with E-state index < -0.39 is 40.3 Å². The van der Waals surface area contributed by atoms with Gasteiger partial charge in [0.05, 0.1) is 11.8 Å². The van der Waals surface area contributed by atoms with Crippen LogP contribution in [0.15, 0.2) is 27.0 Å². The number of fused-ring (bicyclic) bond motifs is 1. The van der Waals surface area contributed by atoms with Crippen LogP contribution in [0.1, 0.15) is 26.5 Å². The minimum absolute atomic E-state index is 0.0917. The van der Waals surface area contributed by atoms with Crippen LogP contribution in [0.25, 0.3) is 0 Å². The molecule has 38 heavy (non-hydrogen) atoms. The quantitative estimate of drug-likeness (QED) is 0.181. The zero-order chi connectivity index (χ0) is 27.8. The number of rotatable bonds is 9. The highest BCUT2D eigenvalue weighted by Crippen LogP contribution is 2.47. The number of methoxy groups -OCH3 is 1. The van der Waals surface area contributed by atoms with Crippen molar-refractivity contribution in [3.8, 4) is 5.88 Å². The molecule has 4 rings (SSSR count). The predicted molar refractivity (Wildman–Crippen MR) is 130 cm³/mol. The lowest BCUT2D eigenvalue weighted by atomic mass is 9.97. The average Bonchev–Trinajstić information content (AvgIpc) is 3.47. The number of nitrogens with one attached hydrogen (secondary N) is 1. The van der Waals surface area contributed by atoms with E-state index in [1.165, 1.54) is 41.4 Å². The molecule has 0 unspecified atom stereocenters. The van der Waals surface area contributed by atoms with Gasteiger partial charge in [-0.1, -0.05) is 11.8 Å². The van der Waals surface area contributed by atoms with Crippen molar-refractivity contribution >= 4 is 47.3 Å². The lowest BCUT2D eigenvalue weighted by Gasteiger charge is -2.55. The summed E-state index contributed by atoms with van der Waals surface area (Å²) < 4.78 is 17.1. The number of thioether (sulfide) groups is 2. The SMILES string of the molecule is CO[C@@]1(NC(=O)Cc2cc(OC(=O)C(C)(C)C)no2)C(=O)N2C(C(=O)O)=C(CSc3nnnn3C)CS[C@H]21. The minimum Gasteiger partial charge on any atom is -0.477 e. The Labute approximate surface area is 224 Å². The van der Waals surface area contributed by atoms with Crippen LogP contribution in [0.2, 0.25) is 0 Å². The number of β-lactam (4-membered cyclic amide) rings is 1. The molecule has 0 saturated carbocycles. The summed E-state index contributed by atoms with van der Waals surface area (Å²) in [6.45, 7) is 5.04. The average molecular weight is 568 g/mol. The predicted octanol–water partition coefficient (Wildman–Crippen LogP) is 0.197. The number of hydrogen-bond acceptors (Lipinski definition) is 13. The van der Waals surface area contributed by atoms with Crippen LogP contribution in [-0.4, -0.2) is 88.8 Å². The van der Waals surface area contributed by atoms with Crippen molar-refractivity contribution in [1.82, 2.24) is 35.6 Å². The van der Waals surface area contributed by atoms with E-state index in [1.807, 2.05) is 0 Å². The van der Waals surface area contributed by atoms with Crippen LogP contribution in [0, 0.1) is 5.41 Å². The second-order valence-electron chi connectivity index (χ2n) is 9.41. The minimum atomic E-state index is -1.77. The van der Waals surface area contributed by atoms with E-state index in [1.54, 1.807) is 27.8 Å². The molecule has 0 aliphatic carbocycles. The second kappa shape index (κ2) is 10.4. The first kappa shape index (κ1) is 27.6. The number of tetrazole rings is 1. The Kier molecular flexibility index (Phi) is 7.53. The van der Waals surface area contributed by atoms with Crippen molar-refractivity contribution in [2.24, 2.45) is 12.5 Å². The molecular weight excluding hydrogens is 542 g/mol. The van der Waals surface area contributed by atoms with Gasteiger partial charge >= 0.3 is 11.9 Å². The number of carbonyl (C=O) groups excluding carboxylic acids is 3. The van der Waals surface area contributed by atoms with E-state index >= 15 is 0 Å². The Balaban J connectivity index is 1.45. The highest BCUT2D eigenvalue weighted by atomic mass is 32.2. The fraction of sp³-hybridized carbons (Fsp3) is 0.524. The smallest absolute Gasteiger partial charge is 0.352 e. The lowest BCUT2D eigenvalue weighted by molar-refractivity contribution is -0.192. The molecule has 0 radical (unpaired) electrons.